The van der Waals surface area contributed by atoms with E-state index in [1.54, 1.807) is 31.2 Å². The van der Waals surface area contributed by atoms with E-state index in [0.29, 0.717) is 0 Å². The topological polar surface area (TPSA) is 0 Å². The first kappa shape index (κ1) is 95.9. The Bertz CT molecular complexity index is 4580. The van der Waals surface area contributed by atoms with Crippen LogP contribution < -0.4 is 0 Å². The molecule has 4 saturated carbocycles. The van der Waals surface area contributed by atoms with Gasteiger partial charge in [0.05, 0.1) is 0 Å². The maximum absolute atomic E-state index is 3.10. The second kappa shape index (κ2) is 50.6. The Kier molecular flexibility index (Phi) is 41.5. The molecule has 4 fully saturated rings. The van der Waals surface area contributed by atoms with Crippen LogP contribution in [-0.4, -0.2) is 0 Å². The Balaban J connectivity index is 0.000000181. The van der Waals surface area contributed by atoms with Crippen LogP contribution in [0.15, 0.2) is 273 Å². The Morgan fingerprint density at radius 1 is 0.222 bits per heavy atom. The molecule has 0 unspecified atom stereocenters. The third-order valence-corrected chi connectivity index (χ3v) is 24.9. The van der Waals surface area contributed by atoms with Gasteiger partial charge in [-0.25, -0.2) is 0 Å². The van der Waals surface area contributed by atoms with Crippen LogP contribution in [0, 0.1) is 151 Å². The third-order valence-electron chi connectivity index (χ3n) is 24.9. The third kappa shape index (κ3) is 33.5. The number of aryl methyl sites for hydroxylation is 15. The number of benzene rings is 13. The van der Waals surface area contributed by atoms with Gasteiger partial charge in [0.25, 0.3) is 0 Å². The van der Waals surface area contributed by atoms with E-state index in [4.69, 9.17) is 0 Å². The van der Waals surface area contributed by atoms with Gasteiger partial charge in [0, 0.05) is 32.7 Å². The molecule has 613 valence electrons. The van der Waals surface area contributed by atoms with Gasteiger partial charge in [-0.1, -0.05) is 406 Å². The summed E-state index contributed by atoms with van der Waals surface area (Å²) in [7, 11) is 0. The molecule has 117 heavy (non-hydrogen) atoms. The van der Waals surface area contributed by atoms with Crippen LogP contribution in [0.3, 0.4) is 0 Å². The molecular weight excluding hydrogens is 1480 g/mol. The van der Waals surface area contributed by atoms with Crippen LogP contribution in [0.2, 0.25) is 0 Å². The summed E-state index contributed by atoms with van der Waals surface area (Å²) in [4.78, 5) is 0. The fourth-order valence-corrected chi connectivity index (χ4v) is 16.5. The van der Waals surface area contributed by atoms with Gasteiger partial charge in [-0.15, -0.1) is 0 Å². The van der Waals surface area contributed by atoms with Crippen LogP contribution in [0.4, 0.5) is 0 Å². The molecule has 1 radical (unpaired) electrons. The summed E-state index contributed by atoms with van der Waals surface area (Å²) < 4.78 is 0. The zero-order valence-electron chi connectivity index (χ0n) is 76.0. The second-order valence-corrected chi connectivity index (χ2v) is 35.7. The van der Waals surface area contributed by atoms with E-state index in [1.807, 2.05) is 13.0 Å². The van der Waals surface area contributed by atoms with Crippen LogP contribution in [0.5, 0.6) is 0 Å². The van der Waals surface area contributed by atoms with Crippen molar-refractivity contribution in [3.63, 3.8) is 0 Å². The van der Waals surface area contributed by atoms with Crippen LogP contribution in [-0.2, 0) is 32.7 Å². The van der Waals surface area contributed by atoms with Gasteiger partial charge in [-0.2, -0.15) is 35.4 Å². The number of rotatable bonds is 4. The number of hydrogen-bond donors (Lipinski definition) is 0. The van der Waals surface area contributed by atoms with Gasteiger partial charge in [0.2, 0.25) is 0 Å². The molecule has 4 aliphatic rings. The van der Waals surface area contributed by atoms with Crippen LogP contribution in [0.25, 0.3) is 54.6 Å². The van der Waals surface area contributed by atoms with E-state index in [9.17, 15) is 0 Å². The number of fused-ring (bicyclic) bond motifs is 3. The van der Waals surface area contributed by atoms with Gasteiger partial charge < -0.3 is 0 Å². The Morgan fingerprint density at radius 3 is 0.812 bits per heavy atom. The average Bonchev–Trinajstić information content (AvgIpc) is 0.827. The summed E-state index contributed by atoms with van der Waals surface area (Å²) in [5, 5.41) is 8.16. The molecule has 0 aromatic heterocycles. The summed E-state index contributed by atoms with van der Waals surface area (Å²) in [5.41, 5.74) is 26.7. The zero-order valence-corrected chi connectivity index (χ0v) is 78.8. The molecule has 13 aromatic carbocycles. The minimum atomic E-state index is 0. The predicted octanol–water partition coefficient (Wildman–Crippen LogP) is 34.5. The molecule has 4 aliphatic carbocycles. The van der Waals surface area contributed by atoms with E-state index in [2.05, 4.69) is 405 Å². The van der Waals surface area contributed by atoms with Gasteiger partial charge in [-0.3, -0.25) is 0 Å². The fourth-order valence-electron chi connectivity index (χ4n) is 16.5. The molecule has 0 atom stereocenters. The van der Waals surface area contributed by atoms with Crippen molar-refractivity contribution in [2.75, 3.05) is 0 Å². The van der Waals surface area contributed by atoms with Crippen molar-refractivity contribution < 1.29 is 32.7 Å². The number of hydrogen-bond acceptors (Lipinski definition) is 0. The SMILES string of the molecule is CC1CCC(C)CC1.CC1CCC(C2CCC(C)CC2)CC1.Cc1[c-]cc(C)cc1.Cc1ccc(-c2ccc(C)cc2)cc1.Cc1ccc(C)c2ccccc12.Cc1ccc(C)cc1.Cc1ccc(C2CCC(C)CC2)cc1.Cc1ccc2cc(C)ccc2c1.Cc1cccc2c(C)cccc12.Cc1ccccc1-c1ccccc1C.[Y]. The largest absolute Gasteiger partial charge is 0.180 e. The van der Waals surface area contributed by atoms with Gasteiger partial charge in [0.1, 0.15) is 0 Å². The molecule has 13 aromatic rings. The minimum Gasteiger partial charge on any atom is -0.180 e. The molecule has 17 rings (SSSR count). The Hall–Kier alpha value is -8.26. The molecule has 0 amide bonds. The van der Waals surface area contributed by atoms with Crippen molar-refractivity contribution in [1.29, 1.82) is 0 Å². The second-order valence-electron chi connectivity index (χ2n) is 35.7. The summed E-state index contributed by atoms with van der Waals surface area (Å²) in [6.07, 6.45) is 23.7. The van der Waals surface area contributed by atoms with E-state index in [-0.39, 0.29) is 32.7 Å². The van der Waals surface area contributed by atoms with Crippen molar-refractivity contribution in [3.05, 3.63) is 368 Å². The van der Waals surface area contributed by atoms with Gasteiger partial charge in [0.15, 0.2) is 0 Å². The fraction of sp³-hybridized carbons (Fsp3) is 0.379. The van der Waals surface area contributed by atoms with Crippen molar-refractivity contribution in [2.45, 2.75) is 247 Å². The van der Waals surface area contributed by atoms with Gasteiger partial charge in [-0.05, 0) is 269 Å². The monoisotopic (exact) mass is 1630 g/mol. The van der Waals surface area contributed by atoms with Crippen molar-refractivity contribution >= 4 is 32.3 Å². The quantitative estimate of drug-likeness (QED) is 0.154. The Labute approximate surface area is 737 Å². The minimum absolute atomic E-state index is 0. The molecule has 0 bridgehead atoms. The molecule has 0 nitrogen and oxygen atoms in total. The van der Waals surface area contributed by atoms with Gasteiger partial charge >= 0.3 is 0 Å². The van der Waals surface area contributed by atoms with E-state index >= 15 is 0 Å². The molecule has 0 heterocycles. The molecule has 0 N–H and O–H groups in total. The van der Waals surface area contributed by atoms with Crippen molar-refractivity contribution in [1.82, 2.24) is 0 Å². The normalized spacial score (nSPS) is 18.3. The average molecular weight is 1630 g/mol. The summed E-state index contributed by atoms with van der Waals surface area (Å²) in [5.74, 6) is 8.10. The van der Waals surface area contributed by atoms with E-state index < -0.39 is 0 Å². The zero-order chi connectivity index (χ0) is 83.5. The Morgan fingerprint density at radius 2 is 0.487 bits per heavy atom. The first-order chi connectivity index (χ1) is 55.7. The summed E-state index contributed by atoms with van der Waals surface area (Å²) in [6.45, 7) is 43.8. The molecule has 0 saturated heterocycles. The first-order valence-electron chi connectivity index (χ1n) is 44.4. The predicted molar refractivity (Wildman–Crippen MR) is 514 cm³/mol. The molecular formula is C116H145Y-. The first-order valence-corrected chi connectivity index (χ1v) is 44.4. The maximum atomic E-state index is 3.10. The van der Waals surface area contributed by atoms with E-state index in [0.717, 1.165) is 47.3 Å². The standard InChI is InChI=1S/C14H26.C14H20.2C14H14.3C12H12.C8H16.C8H10.C8H9.Y/c3*1-11-3-7-13(8-4-11)14-9-5-12(2)6-10-14;1-11-7-3-5-9-13(11)14-10-6-4-8-12(14)2;1-9-3-5-12-8-10(2)4-6-11(12)7-9;1-9-5-3-8-12-10(2)6-4-7-11(9)12;1-9-7-8-10(2)12-6-4-3-5-11(9)12;3*1-7-3-5-8(2)6-4-7;/h11-14H,3-10H2,1-2H3;3-4,7-8,12,14H,5-6,9-10H2,1-2H3;2*3-10H,1-2H3;3*3-8H,1-2H3;7-8H,3-6H2,1-2H3;3-6H,1-2H3;3-5H,1-2H3;/q;;;;;;;;;-1;. The molecule has 0 spiro atoms. The molecule has 0 aliphatic heterocycles. The van der Waals surface area contributed by atoms with E-state index in [1.165, 1.54) is 215 Å². The molecule has 1 heteroatoms. The van der Waals surface area contributed by atoms with Crippen molar-refractivity contribution in [2.24, 2.45) is 41.4 Å². The smallest absolute Gasteiger partial charge is 0 e. The maximum Gasteiger partial charge on any atom is 0 e. The van der Waals surface area contributed by atoms with Crippen molar-refractivity contribution in [3.8, 4) is 22.3 Å². The van der Waals surface area contributed by atoms with Crippen LogP contribution in [0.1, 0.15) is 232 Å². The summed E-state index contributed by atoms with van der Waals surface area (Å²) >= 11 is 0. The van der Waals surface area contributed by atoms with Crippen LogP contribution >= 0.6 is 0 Å². The summed E-state index contributed by atoms with van der Waals surface area (Å²) in [6, 6.07) is 100.